The molecule has 0 spiro atoms. The Bertz CT molecular complexity index is 720. The number of nitriles is 1. The third-order valence-corrected chi connectivity index (χ3v) is 4.34. The van der Waals surface area contributed by atoms with Gasteiger partial charge in [0.2, 0.25) is 11.9 Å². The Kier molecular flexibility index (Phi) is 6.17. The molecule has 3 rings (SSSR count). The van der Waals surface area contributed by atoms with Gasteiger partial charge in [-0.2, -0.15) is 5.26 Å². The largest absolute Gasteiger partial charge is 0.467 e. The molecular formula is C18H22N6O2. The van der Waals surface area contributed by atoms with E-state index in [4.69, 9.17) is 9.68 Å². The molecule has 0 radical (unpaired) electrons. The number of furan rings is 1. The highest BCUT2D eigenvalue weighted by atomic mass is 16.3. The van der Waals surface area contributed by atoms with Crippen LogP contribution in [0.3, 0.4) is 0 Å². The van der Waals surface area contributed by atoms with Crippen LogP contribution in [0.1, 0.15) is 12.2 Å². The van der Waals surface area contributed by atoms with Crippen molar-refractivity contribution < 1.29 is 9.21 Å². The molecular weight excluding hydrogens is 332 g/mol. The molecule has 8 nitrogen and oxygen atoms in total. The lowest BCUT2D eigenvalue weighted by Gasteiger charge is -2.35. The van der Waals surface area contributed by atoms with E-state index < -0.39 is 0 Å². The van der Waals surface area contributed by atoms with Crippen molar-refractivity contribution in [1.29, 1.82) is 5.26 Å². The molecule has 8 heteroatoms. The van der Waals surface area contributed by atoms with Crippen LogP contribution in [-0.4, -0.2) is 64.9 Å². The van der Waals surface area contributed by atoms with E-state index in [1.165, 1.54) is 0 Å². The van der Waals surface area contributed by atoms with Crippen molar-refractivity contribution in [3.63, 3.8) is 0 Å². The molecule has 1 fully saturated rings. The first-order valence-corrected chi connectivity index (χ1v) is 8.67. The van der Waals surface area contributed by atoms with Gasteiger partial charge in [-0.15, -0.1) is 0 Å². The monoisotopic (exact) mass is 354 g/mol. The molecule has 1 amide bonds. The first-order valence-electron chi connectivity index (χ1n) is 8.67. The highest BCUT2D eigenvalue weighted by molar-refractivity contribution is 5.78. The van der Waals surface area contributed by atoms with E-state index in [-0.39, 0.29) is 5.91 Å². The van der Waals surface area contributed by atoms with Gasteiger partial charge in [0.15, 0.2) is 0 Å². The molecule has 0 saturated carbocycles. The predicted octanol–water partition coefficient (Wildman–Crippen LogP) is 1.13. The lowest BCUT2D eigenvalue weighted by molar-refractivity contribution is -0.133. The van der Waals surface area contributed by atoms with Crippen molar-refractivity contribution in [2.45, 2.75) is 13.0 Å². The smallest absolute Gasteiger partial charge is 0.237 e. The summed E-state index contributed by atoms with van der Waals surface area (Å²) in [6.07, 6.45) is 5.37. The summed E-state index contributed by atoms with van der Waals surface area (Å²) in [4.78, 5) is 27.2. The fraction of sp³-hybridized carbons (Fsp3) is 0.444. The van der Waals surface area contributed by atoms with Gasteiger partial charge >= 0.3 is 0 Å². The van der Waals surface area contributed by atoms with Crippen LogP contribution < -0.4 is 4.90 Å². The van der Waals surface area contributed by atoms with Crippen molar-refractivity contribution in [3.8, 4) is 6.07 Å². The van der Waals surface area contributed by atoms with Crippen LogP contribution in [0, 0.1) is 11.3 Å². The van der Waals surface area contributed by atoms with E-state index in [1.54, 1.807) is 35.7 Å². The Labute approximate surface area is 152 Å². The maximum absolute atomic E-state index is 12.7. The van der Waals surface area contributed by atoms with E-state index in [0.29, 0.717) is 26.1 Å². The highest BCUT2D eigenvalue weighted by Crippen LogP contribution is 2.11. The van der Waals surface area contributed by atoms with Gasteiger partial charge in [0.05, 0.1) is 31.8 Å². The maximum atomic E-state index is 12.7. The fourth-order valence-electron chi connectivity index (χ4n) is 2.92. The van der Waals surface area contributed by atoms with Crippen molar-refractivity contribution in [3.05, 3.63) is 42.6 Å². The summed E-state index contributed by atoms with van der Waals surface area (Å²) >= 11 is 0. The Morgan fingerprint density at radius 2 is 2.00 bits per heavy atom. The topological polar surface area (TPSA) is 89.5 Å². The standard InChI is InChI=1S/C18H22N6O2/c19-5-2-8-24(14-16-4-1-13-26-16)17(25)15-22-9-11-23(12-10-22)18-20-6-3-7-21-18/h1,3-4,6-7,13H,2,8-12,14-15H2. The van der Waals surface area contributed by atoms with Crippen molar-refractivity contribution in [2.24, 2.45) is 0 Å². The number of anilines is 1. The van der Waals surface area contributed by atoms with Gasteiger partial charge in [-0.1, -0.05) is 0 Å². The molecule has 1 aliphatic rings. The third-order valence-electron chi connectivity index (χ3n) is 4.34. The fourth-order valence-corrected chi connectivity index (χ4v) is 2.92. The first-order chi connectivity index (χ1) is 12.8. The lowest BCUT2D eigenvalue weighted by atomic mass is 10.3. The molecule has 1 aliphatic heterocycles. The van der Waals surface area contributed by atoms with Crippen LogP contribution in [0.2, 0.25) is 0 Å². The molecule has 0 atom stereocenters. The van der Waals surface area contributed by atoms with Gasteiger partial charge in [0.25, 0.3) is 0 Å². The molecule has 0 bridgehead atoms. The molecule has 136 valence electrons. The number of nitrogens with zero attached hydrogens (tertiary/aromatic N) is 6. The van der Waals surface area contributed by atoms with Gasteiger partial charge in [-0.25, -0.2) is 9.97 Å². The number of hydrogen-bond donors (Lipinski definition) is 0. The summed E-state index contributed by atoms with van der Waals surface area (Å²) in [5.74, 6) is 1.47. The number of amides is 1. The van der Waals surface area contributed by atoms with Gasteiger partial charge in [-0.3, -0.25) is 9.69 Å². The predicted molar refractivity (Wildman–Crippen MR) is 95.0 cm³/mol. The second-order valence-corrected chi connectivity index (χ2v) is 6.11. The van der Waals surface area contributed by atoms with Crippen LogP contribution in [0.5, 0.6) is 0 Å². The van der Waals surface area contributed by atoms with E-state index in [2.05, 4.69) is 25.8 Å². The van der Waals surface area contributed by atoms with E-state index >= 15 is 0 Å². The number of hydrogen-bond acceptors (Lipinski definition) is 7. The summed E-state index contributed by atoms with van der Waals surface area (Å²) in [6, 6.07) is 7.54. The quantitative estimate of drug-likeness (QED) is 0.736. The number of carbonyl (C=O) groups excluding carboxylic acids is 1. The molecule has 2 aromatic heterocycles. The van der Waals surface area contributed by atoms with Crippen LogP contribution in [0.15, 0.2) is 41.3 Å². The number of rotatable bonds is 7. The van der Waals surface area contributed by atoms with Gasteiger partial charge in [-0.05, 0) is 18.2 Å². The zero-order chi connectivity index (χ0) is 18.2. The minimum Gasteiger partial charge on any atom is -0.467 e. The van der Waals surface area contributed by atoms with Crippen molar-refractivity contribution in [1.82, 2.24) is 19.8 Å². The number of piperazine rings is 1. The van der Waals surface area contributed by atoms with Crippen LogP contribution in [0.25, 0.3) is 0 Å². The zero-order valence-electron chi connectivity index (χ0n) is 14.6. The maximum Gasteiger partial charge on any atom is 0.237 e. The van der Waals surface area contributed by atoms with Gasteiger partial charge < -0.3 is 14.2 Å². The molecule has 0 aromatic carbocycles. The SMILES string of the molecule is N#CCCN(Cc1ccco1)C(=O)CN1CCN(c2ncccn2)CC1. The summed E-state index contributed by atoms with van der Waals surface area (Å²) in [6.45, 7) is 4.27. The summed E-state index contributed by atoms with van der Waals surface area (Å²) in [5.41, 5.74) is 0. The molecule has 0 aliphatic carbocycles. The number of aromatic nitrogens is 2. The van der Waals surface area contributed by atoms with Gasteiger partial charge in [0, 0.05) is 45.1 Å². The molecule has 26 heavy (non-hydrogen) atoms. The first kappa shape index (κ1) is 17.9. The van der Waals surface area contributed by atoms with E-state index in [1.807, 2.05) is 6.07 Å². The van der Waals surface area contributed by atoms with Crippen molar-refractivity contribution >= 4 is 11.9 Å². The Morgan fingerprint density at radius 1 is 1.23 bits per heavy atom. The molecule has 0 unspecified atom stereocenters. The average molecular weight is 354 g/mol. The Morgan fingerprint density at radius 3 is 2.65 bits per heavy atom. The van der Waals surface area contributed by atoms with Crippen molar-refractivity contribution in [2.75, 3.05) is 44.2 Å². The molecule has 3 heterocycles. The van der Waals surface area contributed by atoms with Gasteiger partial charge in [0.1, 0.15) is 5.76 Å². The van der Waals surface area contributed by atoms with Crippen LogP contribution in [0.4, 0.5) is 5.95 Å². The lowest BCUT2D eigenvalue weighted by Crippen LogP contribution is -2.50. The number of carbonyl (C=O) groups is 1. The summed E-state index contributed by atoms with van der Waals surface area (Å²) in [7, 11) is 0. The molecule has 2 aromatic rings. The van der Waals surface area contributed by atoms with Crippen LogP contribution >= 0.6 is 0 Å². The Balaban J connectivity index is 1.52. The van der Waals surface area contributed by atoms with Crippen LogP contribution in [-0.2, 0) is 11.3 Å². The Hall–Kier alpha value is -2.92. The van der Waals surface area contributed by atoms with E-state index in [0.717, 1.165) is 37.9 Å². The average Bonchev–Trinajstić information content (AvgIpc) is 3.19. The van der Waals surface area contributed by atoms with E-state index in [9.17, 15) is 4.79 Å². The third kappa shape index (κ3) is 4.80. The summed E-state index contributed by atoms with van der Waals surface area (Å²) < 4.78 is 5.34. The second-order valence-electron chi connectivity index (χ2n) is 6.11. The minimum atomic E-state index is 0.0149. The normalized spacial score (nSPS) is 14.8. The molecule has 1 saturated heterocycles. The second kappa shape index (κ2) is 8.97. The highest BCUT2D eigenvalue weighted by Gasteiger charge is 2.23. The zero-order valence-corrected chi connectivity index (χ0v) is 14.6. The molecule has 0 N–H and O–H groups in total. The minimum absolute atomic E-state index is 0.0149. The summed E-state index contributed by atoms with van der Waals surface area (Å²) in [5, 5.41) is 8.84.